The Labute approximate surface area is 124 Å². The zero-order chi connectivity index (χ0) is 14.0. The lowest BCUT2D eigenvalue weighted by Gasteiger charge is -2.17. The van der Waals surface area contributed by atoms with Crippen molar-refractivity contribution in [1.82, 2.24) is 4.90 Å². The molecule has 0 unspecified atom stereocenters. The average molecular weight is 342 g/mol. The molecule has 1 amide bonds. The maximum atomic E-state index is 13.4. The zero-order valence-electron chi connectivity index (χ0n) is 10.6. The second kappa shape index (κ2) is 5.84. The maximum absolute atomic E-state index is 13.4. The van der Waals surface area contributed by atoms with E-state index in [2.05, 4.69) is 15.9 Å². The summed E-state index contributed by atoms with van der Waals surface area (Å²) in [4.78, 5) is 14.9. The van der Waals surface area contributed by atoms with Gasteiger partial charge in [-0.2, -0.15) is 0 Å². The second-order valence-corrected chi connectivity index (χ2v) is 6.17. The predicted octanol–water partition coefficient (Wildman–Crippen LogP) is 4.23. The van der Waals surface area contributed by atoms with Crippen LogP contribution in [0.3, 0.4) is 0 Å². The highest BCUT2D eigenvalue weighted by Gasteiger charge is 2.15. The molecule has 2 rings (SSSR count). The summed E-state index contributed by atoms with van der Waals surface area (Å²) in [5.74, 6) is -0.606. The molecule has 0 radical (unpaired) electrons. The molecule has 0 fully saturated rings. The third kappa shape index (κ3) is 3.22. The van der Waals surface area contributed by atoms with Crippen LogP contribution in [-0.2, 0) is 6.54 Å². The van der Waals surface area contributed by atoms with Gasteiger partial charge in [-0.15, -0.1) is 11.3 Å². The molecule has 0 aliphatic rings. The summed E-state index contributed by atoms with van der Waals surface area (Å²) in [6, 6.07) is 6.45. The average Bonchev–Trinajstić information content (AvgIpc) is 2.77. The minimum absolute atomic E-state index is 0.181. The summed E-state index contributed by atoms with van der Waals surface area (Å²) in [6.07, 6.45) is 0. The molecule has 0 N–H and O–H groups in total. The molecule has 1 aromatic heterocycles. The van der Waals surface area contributed by atoms with Gasteiger partial charge in [0, 0.05) is 17.5 Å². The molecule has 2 nitrogen and oxygen atoms in total. The molecular formula is C14H13BrFNOS. The molecule has 0 aliphatic carbocycles. The third-order valence-corrected chi connectivity index (χ3v) is 4.51. The summed E-state index contributed by atoms with van der Waals surface area (Å²) in [5.41, 5.74) is 1.53. The molecule has 100 valence electrons. The molecule has 19 heavy (non-hydrogen) atoms. The highest BCUT2D eigenvalue weighted by Crippen LogP contribution is 2.20. The van der Waals surface area contributed by atoms with Crippen LogP contribution in [0.4, 0.5) is 4.39 Å². The Morgan fingerprint density at radius 2 is 2.16 bits per heavy atom. The van der Waals surface area contributed by atoms with Gasteiger partial charge in [0.05, 0.1) is 11.0 Å². The summed E-state index contributed by atoms with van der Waals surface area (Å²) in [5, 5.41) is 2.00. The van der Waals surface area contributed by atoms with Crippen molar-refractivity contribution in [3.63, 3.8) is 0 Å². The molecule has 0 saturated carbocycles. The van der Waals surface area contributed by atoms with Gasteiger partial charge < -0.3 is 4.90 Å². The van der Waals surface area contributed by atoms with Crippen molar-refractivity contribution in [3.05, 3.63) is 55.9 Å². The van der Waals surface area contributed by atoms with Gasteiger partial charge in [0.2, 0.25) is 0 Å². The van der Waals surface area contributed by atoms with E-state index in [1.807, 2.05) is 18.4 Å². The number of rotatable bonds is 3. The van der Waals surface area contributed by atoms with Gasteiger partial charge in [-0.05, 0) is 58.1 Å². The van der Waals surface area contributed by atoms with E-state index in [9.17, 15) is 9.18 Å². The Morgan fingerprint density at radius 3 is 2.74 bits per heavy atom. The van der Waals surface area contributed by atoms with Crippen LogP contribution >= 0.6 is 27.3 Å². The summed E-state index contributed by atoms with van der Waals surface area (Å²) in [6.45, 7) is 2.56. The predicted molar refractivity (Wildman–Crippen MR) is 79.0 cm³/mol. The lowest BCUT2D eigenvalue weighted by Crippen LogP contribution is -2.26. The number of hydrogen-bond acceptors (Lipinski definition) is 2. The number of thiophene rings is 1. The molecule has 2 aromatic rings. The molecule has 0 saturated heterocycles. The van der Waals surface area contributed by atoms with Gasteiger partial charge in [0.25, 0.3) is 5.91 Å². The Morgan fingerprint density at radius 1 is 1.42 bits per heavy atom. The largest absolute Gasteiger partial charge is 0.337 e. The van der Waals surface area contributed by atoms with Crippen molar-refractivity contribution in [2.75, 3.05) is 7.05 Å². The van der Waals surface area contributed by atoms with E-state index in [-0.39, 0.29) is 5.91 Å². The van der Waals surface area contributed by atoms with Gasteiger partial charge in [-0.3, -0.25) is 4.79 Å². The first-order chi connectivity index (χ1) is 8.99. The first-order valence-corrected chi connectivity index (χ1v) is 7.40. The standard InChI is InChI=1S/C14H13BrFNOS/c1-9-5-6-19-13(9)8-17(2)14(18)10-3-4-11(15)12(16)7-10/h3-7H,8H2,1-2H3. The van der Waals surface area contributed by atoms with Crippen LogP contribution in [0.2, 0.25) is 0 Å². The van der Waals surface area contributed by atoms with Crippen molar-refractivity contribution >= 4 is 33.2 Å². The molecule has 5 heteroatoms. The highest BCUT2D eigenvalue weighted by molar-refractivity contribution is 9.10. The number of hydrogen-bond donors (Lipinski definition) is 0. The maximum Gasteiger partial charge on any atom is 0.254 e. The fourth-order valence-corrected chi connectivity index (χ4v) is 2.91. The number of benzene rings is 1. The lowest BCUT2D eigenvalue weighted by molar-refractivity contribution is 0.0786. The third-order valence-electron chi connectivity index (χ3n) is 2.86. The molecule has 1 aromatic carbocycles. The van der Waals surface area contributed by atoms with Crippen LogP contribution in [-0.4, -0.2) is 17.9 Å². The van der Waals surface area contributed by atoms with E-state index < -0.39 is 5.82 Å². The monoisotopic (exact) mass is 341 g/mol. The SMILES string of the molecule is Cc1ccsc1CN(C)C(=O)c1ccc(Br)c(F)c1. The Balaban J connectivity index is 2.15. The molecule has 0 atom stereocenters. The van der Waals surface area contributed by atoms with Crippen molar-refractivity contribution in [1.29, 1.82) is 0 Å². The van der Waals surface area contributed by atoms with Gasteiger partial charge in [-0.1, -0.05) is 0 Å². The highest BCUT2D eigenvalue weighted by atomic mass is 79.9. The van der Waals surface area contributed by atoms with E-state index in [0.29, 0.717) is 16.6 Å². The molecule has 0 spiro atoms. The van der Waals surface area contributed by atoms with Crippen LogP contribution in [0.25, 0.3) is 0 Å². The lowest BCUT2D eigenvalue weighted by atomic mass is 10.2. The van der Waals surface area contributed by atoms with Crippen LogP contribution < -0.4 is 0 Å². The van der Waals surface area contributed by atoms with Crippen molar-refractivity contribution in [2.24, 2.45) is 0 Å². The van der Waals surface area contributed by atoms with E-state index in [4.69, 9.17) is 0 Å². The number of aryl methyl sites for hydroxylation is 1. The van der Waals surface area contributed by atoms with Gasteiger partial charge in [-0.25, -0.2) is 4.39 Å². The summed E-state index contributed by atoms with van der Waals surface area (Å²) in [7, 11) is 1.72. The zero-order valence-corrected chi connectivity index (χ0v) is 13.0. The number of carbonyl (C=O) groups is 1. The smallest absolute Gasteiger partial charge is 0.254 e. The number of nitrogens with zero attached hydrogens (tertiary/aromatic N) is 1. The van der Waals surface area contributed by atoms with Gasteiger partial charge in [0.15, 0.2) is 0 Å². The van der Waals surface area contributed by atoms with Crippen molar-refractivity contribution < 1.29 is 9.18 Å². The molecule has 1 heterocycles. The van der Waals surface area contributed by atoms with Crippen LogP contribution in [0.5, 0.6) is 0 Å². The Hall–Kier alpha value is -1.20. The molecular weight excluding hydrogens is 329 g/mol. The summed E-state index contributed by atoms with van der Waals surface area (Å²) >= 11 is 4.70. The van der Waals surface area contributed by atoms with Crippen LogP contribution in [0.1, 0.15) is 20.8 Å². The quantitative estimate of drug-likeness (QED) is 0.817. The number of amides is 1. The fraction of sp³-hybridized carbons (Fsp3) is 0.214. The first-order valence-electron chi connectivity index (χ1n) is 5.72. The Bertz CT molecular complexity index is 611. The topological polar surface area (TPSA) is 20.3 Å². The molecule has 0 bridgehead atoms. The number of carbonyl (C=O) groups excluding carboxylic acids is 1. The van der Waals surface area contributed by atoms with E-state index in [0.717, 1.165) is 4.88 Å². The van der Waals surface area contributed by atoms with E-state index in [1.165, 1.54) is 11.6 Å². The fourth-order valence-electron chi connectivity index (χ4n) is 1.70. The van der Waals surface area contributed by atoms with Gasteiger partial charge >= 0.3 is 0 Å². The normalized spacial score (nSPS) is 10.5. The van der Waals surface area contributed by atoms with Crippen LogP contribution in [0, 0.1) is 12.7 Å². The first kappa shape index (κ1) is 14.2. The number of halogens is 2. The second-order valence-electron chi connectivity index (χ2n) is 4.32. The Kier molecular flexibility index (Phi) is 4.37. The van der Waals surface area contributed by atoms with E-state index >= 15 is 0 Å². The van der Waals surface area contributed by atoms with Crippen molar-refractivity contribution in [3.8, 4) is 0 Å². The minimum atomic E-state index is -0.424. The van der Waals surface area contributed by atoms with Gasteiger partial charge in [0.1, 0.15) is 5.82 Å². The van der Waals surface area contributed by atoms with Crippen LogP contribution in [0.15, 0.2) is 34.1 Å². The molecule has 0 aliphatic heterocycles. The van der Waals surface area contributed by atoms with Crippen molar-refractivity contribution in [2.45, 2.75) is 13.5 Å². The van der Waals surface area contributed by atoms with E-state index in [1.54, 1.807) is 35.4 Å². The minimum Gasteiger partial charge on any atom is -0.337 e. The summed E-state index contributed by atoms with van der Waals surface area (Å²) < 4.78 is 13.8.